The highest BCUT2D eigenvalue weighted by Gasteiger charge is 2.15. The third-order valence-corrected chi connectivity index (χ3v) is 7.26. The quantitative estimate of drug-likeness (QED) is 0.265. The lowest BCUT2D eigenvalue weighted by atomic mass is 10.1. The van der Waals surface area contributed by atoms with Crippen LogP contribution in [-0.4, -0.2) is 28.3 Å². The molecule has 0 unspecified atom stereocenters. The van der Waals surface area contributed by atoms with Crippen molar-refractivity contribution in [1.29, 1.82) is 0 Å². The summed E-state index contributed by atoms with van der Waals surface area (Å²) in [6, 6.07) is 12.1. The molecule has 5 aromatic rings. The van der Waals surface area contributed by atoms with Gasteiger partial charge in [0.15, 0.2) is 5.76 Å². The van der Waals surface area contributed by atoms with Gasteiger partial charge in [-0.25, -0.2) is 14.4 Å². The first-order valence-electron chi connectivity index (χ1n) is 11.6. The van der Waals surface area contributed by atoms with Gasteiger partial charge in [0.25, 0.3) is 5.56 Å². The average Bonchev–Trinajstić information content (AvgIpc) is 3.43. The van der Waals surface area contributed by atoms with E-state index in [1.165, 1.54) is 17.3 Å². The molecule has 7 nitrogen and oxygen atoms in total. The van der Waals surface area contributed by atoms with Crippen LogP contribution in [0.15, 0.2) is 58.1 Å². The second-order valence-electron chi connectivity index (χ2n) is 8.42. The monoisotopic (exact) mass is 504 g/mol. The van der Waals surface area contributed by atoms with E-state index in [1.807, 2.05) is 38.1 Å². The molecule has 184 valence electrons. The predicted molar refractivity (Wildman–Crippen MR) is 140 cm³/mol. The Hall–Kier alpha value is -3.98. The van der Waals surface area contributed by atoms with Crippen molar-refractivity contribution >= 4 is 27.2 Å². The molecule has 0 amide bonds. The highest BCUT2D eigenvalue weighted by atomic mass is 32.1. The first-order chi connectivity index (χ1) is 17.4. The lowest BCUT2D eigenvalue weighted by Gasteiger charge is -2.11. The highest BCUT2D eigenvalue weighted by molar-refractivity contribution is 7.19. The predicted octanol–water partition coefficient (Wildman–Crippen LogP) is 6.12. The summed E-state index contributed by atoms with van der Waals surface area (Å²) in [6.45, 7) is 7.03. The normalized spacial score (nSPS) is 11.2. The zero-order chi connectivity index (χ0) is 25.2. The van der Waals surface area contributed by atoms with Gasteiger partial charge in [-0.05, 0) is 68.0 Å². The standard InChI is InChI=1S/C27H25FN4O3S/c1-4-34-23-10-17(5-6-20(23)24-13-26(33)32-35-24)22-12-25(31-14-30-22)29-8-7-19-16(3)36-27-15(2)9-18(28)11-21(19)27/h5-6,9-14H,4,7-8H2,1-3H3,(H,32,33)(H,29,30,31). The van der Waals surface area contributed by atoms with Crippen molar-refractivity contribution in [2.24, 2.45) is 0 Å². The summed E-state index contributed by atoms with van der Waals surface area (Å²) in [5.74, 6) is 1.49. The topological polar surface area (TPSA) is 93.0 Å². The van der Waals surface area contributed by atoms with Crippen molar-refractivity contribution in [2.75, 3.05) is 18.5 Å². The molecule has 0 radical (unpaired) electrons. The number of nitrogens with one attached hydrogen (secondary N) is 2. The van der Waals surface area contributed by atoms with Gasteiger partial charge in [0.05, 0.1) is 23.9 Å². The maximum Gasteiger partial charge on any atom is 0.280 e. The van der Waals surface area contributed by atoms with Crippen molar-refractivity contribution < 1.29 is 13.7 Å². The number of fused-ring (bicyclic) bond motifs is 1. The van der Waals surface area contributed by atoms with Gasteiger partial charge in [-0.3, -0.25) is 4.79 Å². The molecule has 3 aromatic heterocycles. The molecular weight excluding hydrogens is 479 g/mol. The van der Waals surface area contributed by atoms with Crippen LogP contribution >= 0.6 is 11.3 Å². The smallest absolute Gasteiger partial charge is 0.280 e. The first kappa shape index (κ1) is 23.7. The van der Waals surface area contributed by atoms with E-state index < -0.39 is 0 Å². The van der Waals surface area contributed by atoms with Crippen LogP contribution in [0.25, 0.3) is 32.7 Å². The Labute approximate surface area is 211 Å². The number of thiophene rings is 1. The number of benzene rings is 2. The number of anilines is 1. The lowest BCUT2D eigenvalue weighted by Crippen LogP contribution is -2.07. The van der Waals surface area contributed by atoms with Gasteiger partial charge >= 0.3 is 0 Å². The zero-order valence-corrected chi connectivity index (χ0v) is 21.0. The molecule has 0 aliphatic carbocycles. The second kappa shape index (κ2) is 9.94. The van der Waals surface area contributed by atoms with Crippen LogP contribution < -0.4 is 15.6 Å². The molecule has 0 spiro atoms. The zero-order valence-electron chi connectivity index (χ0n) is 20.1. The number of rotatable bonds is 8. The number of aromatic nitrogens is 3. The molecular formula is C27H25FN4O3S. The van der Waals surface area contributed by atoms with Gasteiger partial charge in [-0.1, -0.05) is 6.07 Å². The summed E-state index contributed by atoms with van der Waals surface area (Å²) in [5, 5.41) is 6.66. The molecule has 0 saturated heterocycles. The fraction of sp³-hybridized carbons (Fsp3) is 0.222. The Kier molecular flexibility index (Phi) is 6.56. The molecule has 0 aliphatic heterocycles. The number of nitrogens with zero attached hydrogens (tertiary/aromatic N) is 2. The molecule has 2 N–H and O–H groups in total. The van der Waals surface area contributed by atoms with Gasteiger partial charge in [0.2, 0.25) is 0 Å². The van der Waals surface area contributed by atoms with Crippen LogP contribution in [-0.2, 0) is 6.42 Å². The minimum absolute atomic E-state index is 0.205. The Morgan fingerprint density at radius 1 is 1.14 bits per heavy atom. The van der Waals surface area contributed by atoms with Crippen LogP contribution in [0.4, 0.5) is 10.2 Å². The Bertz CT molecular complexity index is 1600. The van der Waals surface area contributed by atoms with Gasteiger partial charge in [0, 0.05) is 27.8 Å². The molecule has 0 aliphatic rings. The van der Waals surface area contributed by atoms with E-state index >= 15 is 0 Å². The summed E-state index contributed by atoms with van der Waals surface area (Å²) in [6.07, 6.45) is 2.26. The van der Waals surface area contributed by atoms with E-state index in [0.29, 0.717) is 36.0 Å². The number of halogens is 1. The van der Waals surface area contributed by atoms with Gasteiger partial charge in [0.1, 0.15) is 23.7 Å². The first-order valence-corrected chi connectivity index (χ1v) is 12.4. The molecule has 0 fully saturated rings. The SMILES string of the molecule is CCOc1cc(-c2cc(NCCc3c(C)sc4c(C)cc(F)cc34)ncn2)ccc1-c1cc(=O)[nH]o1. The van der Waals surface area contributed by atoms with Crippen molar-refractivity contribution in [3.05, 3.63) is 81.0 Å². The number of aryl methyl sites for hydroxylation is 2. The van der Waals surface area contributed by atoms with Gasteiger partial charge in [-0.2, -0.15) is 5.16 Å². The number of hydrogen-bond acceptors (Lipinski definition) is 7. The van der Waals surface area contributed by atoms with Crippen LogP contribution in [0.5, 0.6) is 5.75 Å². The number of ether oxygens (including phenoxy) is 1. The van der Waals surface area contributed by atoms with E-state index in [9.17, 15) is 9.18 Å². The van der Waals surface area contributed by atoms with Gasteiger partial charge in [-0.15, -0.1) is 11.3 Å². The highest BCUT2D eigenvalue weighted by Crippen LogP contribution is 2.35. The summed E-state index contributed by atoms with van der Waals surface area (Å²) < 4.78 is 26.2. The molecule has 0 saturated carbocycles. The molecule has 2 aromatic carbocycles. The Morgan fingerprint density at radius 3 is 2.78 bits per heavy atom. The van der Waals surface area contributed by atoms with E-state index in [1.54, 1.807) is 23.5 Å². The molecule has 0 atom stereocenters. The van der Waals surface area contributed by atoms with E-state index in [-0.39, 0.29) is 11.4 Å². The molecule has 3 heterocycles. The number of H-pyrrole nitrogens is 1. The van der Waals surface area contributed by atoms with Crippen molar-refractivity contribution in [1.82, 2.24) is 15.1 Å². The van der Waals surface area contributed by atoms with Crippen molar-refractivity contribution in [3.8, 4) is 28.3 Å². The summed E-state index contributed by atoms with van der Waals surface area (Å²) in [7, 11) is 0. The summed E-state index contributed by atoms with van der Waals surface area (Å²) >= 11 is 1.71. The fourth-order valence-electron chi connectivity index (χ4n) is 4.31. The average molecular weight is 505 g/mol. The minimum Gasteiger partial charge on any atom is -0.493 e. The van der Waals surface area contributed by atoms with E-state index in [2.05, 4.69) is 27.4 Å². The Balaban J connectivity index is 1.35. The van der Waals surface area contributed by atoms with E-state index in [4.69, 9.17) is 9.26 Å². The Morgan fingerprint density at radius 2 is 2.00 bits per heavy atom. The maximum atomic E-state index is 14.0. The van der Waals surface area contributed by atoms with Crippen LogP contribution in [0.2, 0.25) is 0 Å². The largest absolute Gasteiger partial charge is 0.493 e. The minimum atomic E-state index is -0.311. The van der Waals surface area contributed by atoms with E-state index in [0.717, 1.165) is 38.9 Å². The second-order valence-corrected chi connectivity index (χ2v) is 9.65. The molecule has 5 rings (SSSR count). The van der Waals surface area contributed by atoms with Gasteiger partial charge < -0.3 is 14.6 Å². The third kappa shape index (κ3) is 4.74. The molecule has 0 bridgehead atoms. The van der Waals surface area contributed by atoms with Crippen molar-refractivity contribution in [3.63, 3.8) is 0 Å². The lowest BCUT2D eigenvalue weighted by molar-refractivity contribution is 0.339. The molecule has 9 heteroatoms. The summed E-state index contributed by atoms with van der Waals surface area (Å²) in [5.41, 5.74) is 4.06. The fourth-order valence-corrected chi connectivity index (χ4v) is 5.46. The molecule has 36 heavy (non-hydrogen) atoms. The van der Waals surface area contributed by atoms with Crippen LogP contribution in [0, 0.1) is 19.7 Å². The van der Waals surface area contributed by atoms with Crippen LogP contribution in [0.3, 0.4) is 0 Å². The van der Waals surface area contributed by atoms with Crippen molar-refractivity contribution in [2.45, 2.75) is 27.2 Å². The number of hydrogen-bond donors (Lipinski definition) is 2. The van der Waals surface area contributed by atoms with Crippen LogP contribution in [0.1, 0.15) is 22.9 Å². The summed E-state index contributed by atoms with van der Waals surface area (Å²) in [4.78, 5) is 21.5. The maximum absolute atomic E-state index is 14.0. The third-order valence-electron chi connectivity index (χ3n) is 5.96. The number of aromatic amines is 1.